The monoisotopic (exact) mass is 472 g/mol. The van der Waals surface area contributed by atoms with Gasteiger partial charge in [0.25, 0.3) is 5.91 Å². The number of aromatic nitrogens is 1. The SMILES string of the molecule is CC(C)(C)OC(=O)N1CCN(CCCOc2ccc3nccc(C(=O)NCC(=O)O)c3c2)CC1. The summed E-state index contributed by atoms with van der Waals surface area (Å²) in [5.41, 5.74) is 0.477. The van der Waals surface area contributed by atoms with Crippen LogP contribution in [-0.2, 0) is 9.53 Å². The number of nitrogens with one attached hydrogen (secondary N) is 1. The normalized spacial score (nSPS) is 14.6. The van der Waals surface area contributed by atoms with Gasteiger partial charge in [-0.3, -0.25) is 19.5 Å². The highest BCUT2D eigenvalue weighted by atomic mass is 16.6. The average Bonchev–Trinajstić information content (AvgIpc) is 2.79. The number of carbonyl (C=O) groups is 3. The molecule has 2 heterocycles. The van der Waals surface area contributed by atoms with Gasteiger partial charge in [0.15, 0.2) is 0 Å². The summed E-state index contributed by atoms with van der Waals surface area (Å²) in [7, 11) is 0. The van der Waals surface area contributed by atoms with Gasteiger partial charge >= 0.3 is 12.1 Å². The van der Waals surface area contributed by atoms with Crippen molar-refractivity contribution in [2.45, 2.75) is 32.8 Å². The van der Waals surface area contributed by atoms with Crippen LogP contribution in [0, 0.1) is 0 Å². The van der Waals surface area contributed by atoms with Gasteiger partial charge in [0, 0.05) is 44.3 Å². The molecule has 2 amide bonds. The third kappa shape index (κ3) is 7.31. The molecule has 1 aromatic carbocycles. The highest BCUT2D eigenvalue weighted by molar-refractivity contribution is 6.06. The lowest BCUT2D eigenvalue weighted by molar-refractivity contribution is -0.135. The molecule has 1 aliphatic heterocycles. The lowest BCUT2D eigenvalue weighted by Crippen LogP contribution is -2.50. The van der Waals surface area contributed by atoms with E-state index >= 15 is 0 Å². The minimum absolute atomic E-state index is 0.266. The van der Waals surface area contributed by atoms with E-state index in [9.17, 15) is 14.4 Å². The maximum absolute atomic E-state index is 12.4. The number of piperazine rings is 1. The van der Waals surface area contributed by atoms with Crippen molar-refractivity contribution in [3.8, 4) is 5.75 Å². The van der Waals surface area contributed by atoms with Gasteiger partial charge in [-0.05, 0) is 51.5 Å². The summed E-state index contributed by atoms with van der Waals surface area (Å²) >= 11 is 0. The molecule has 3 rings (SSSR count). The fourth-order valence-corrected chi connectivity index (χ4v) is 3.62. The van der Waals surface area contributed by atoms with Gasteiger partial charge in [-0.2, -0.15) is 0 Å². The molecule has 2 N–H and O–H groups in total. The average molecular weight is 473 g/mol. The Balaban J connectivity index is 1.47. The molecular formula is C24H32N4O6. The van der Waals surface area contributed by atoms with Crippen LogP contribution < -0.4 is 10.1 Å². The molecule has 0 spiro atoms. The molecular weight excluding hydrogens is 440 g/mol. The zero-order chi connectivity index (χ0) is 24.7. The Morgan fingerprint density at radius 3 is 2.53 bits per heavy atom. The largest absolute Gasteiger partial charge is 0.494 e. The van der Waals surface area contributed by atoms with Crippen molar-refractivity contribution in [2.24, 2.45) is 0 Å². The predicted molar refractivity (Wildman–Crippen MR) is 126 cm³/mol. The fourth-order valence-electron chi connectivity index (χ4n) is 3.62. The molecule has 184 valence electrons. The van der Waals surface area contributed by atoms with E-state index in [0.29, 0.717) is 41.9 Å². The maximum atomic E-state index is 12.4. The Bertz CT molecular complexity index is 1030. The first-order chi connectivity index (χ1) is 16.1. The van der Waals surface area contributed by atoms with Gasteiger partial charge in [-0.25, -0.2) is 4.79 Å². The molecule has 0 atom stereocenters. The van der Waals surface area contributed by atoms with Gasteiger partial charge < -0.3 is 24.8 Å². The Morgan fingerprint density at radius 2 is 1.85 bits per heavy atom. The molecule has 1 aliphatic rings. The summed E-state index contributed by atoms with van der Waals surface area (Å²) in [4.78, 5) is 43.6. The van der Waals surface area contributed by atoms with E-state index in [2.05, 4.69) is 15.2 Å². The molecule has 10 nitrogen and oxygen atoms in total. The minimum Gasteiger partial charge on any atom is -0.494 e. The van der Waals surface area contributed by atoms with Crippen molar-refractivity contribution in [1.82, 2.24) is 20.1 Å². The van der Waals surface area contributed by atoms with Crippen LogP contribution in [0.2, 0.25) is 0 Å². The number of nitrogens with zero attached hydrogens (tertiary/aromatic N) is 3. The van der Waals surface area contributed by atoms with Gasteiger partial charge in [0.1, 0.15) is 17.9 Å². The molecule has 1 saturated heterocycles. The highest BCUT2D eigenvalue weighted by Crippen LogP contribution is 2.23. The van der Waals surface area contributed by atoms with Gasteiger partial charge in [0.2, 0.25) is 0 Å². The first kappa shape index (κ1) is 25.2. The third-order valence-electron chi connectivity index (χ3n) is 5.27. The number of pyridine rings is 1. The lowest BCUT2D eigenvalue weighted by atomic mass is 10.1. The molecule has 1 fully saturated rings. The summed E-state index contributed by atoms with van der Waals surface area (Å²) in [6.45, 7) is 9.34. The van der Waals surface area contributed by atoms with Crippen LogP contribution in [0.5, 0.6) is 5.75 Å². The first-order valence-electron chi connectivity index (χ1n) is 11.3. The molecule has 0 bridgehead atoms. The topological polar surface area (TPSA) is 121 Å². The van der Waals surface area contributed by atoms with Crippen molar-refractivity contribution in [3.05, 3.63) is 36.0 Å². The van der Waals surface area contributed by atoms with Crippen LogP contribution in [0.4, 0.5) is 4.79 Å². The Morgan fingerprint density at radius 1 is 1.12 bits per heavy atom. The number of carboxylic acid groups (broad SMARTS) is 1. The van der Waals surface area contributed by atoms with E-state index in [1.54, 1.807) is 29.2 Å². The van der Waals surface area contributed by atoms with Crippen LogP contribution in [0.1, 0.15) is 37.6 Å². The van der Waals surface area contributed by atoms with Crippen LogP contribution in [0.3, 0.4) is 0 Å². The zero-order valence-corrected chi connectivity index (χ0v) is 19.9. The number of hydrogen-bond acceptors (Lipinski definition) is 7. The number of amides is 2. The highest BCUT2D eigenvalue weighted by Gasteiger charge is 2.25. The van der Waals surface area contributed by atoms with Crippen molar-refractivity contribution in [1.29, 1.82) is 0 Å². The summed E-state index contributed by atoms with van der Waals surface area (Å²) in [5.74, 6) is -0.970. The van der Waals surface area contributed by atoms with Crippen LogP contribution in [-0.4, -0.2) is 89.3 Å². The minimum atomic E-state index is -1.11. The van der Waals surface area contributed by atoms with E-state index in [1.165, 1.54) is 6.20 Å². The second-order valence-corrected chi connectivity index (χ2v) is 9.12. The zero-order valence-electron chi connectivity index (χ0n) is 19.9. The van der Waals surface area contributed by atoms with E-state index in [-0.39, 0.29) is 6.09 Å². The molecule has 10 heteroatoms. The molecule has 0 aliphatic carbocycles. The molecule has 1 aromatic heterocycles. The van der Waals surface area contributed by atoms with Gasteiger partial charge in [-0.15, -0.1) is 0 Å². The Labute approximate surface area is 198 Å². The quantitative estimate of drug-likeness (QED) is 0.562. The second kappa shape index (κ2) is 11.1. The molecule has 0 radical (unpaired) electrons. The van der Waals surface area contributed by atoms with Crippen molar-refractivity contribution >= 4 is 28.9 Å². The maximum Gasteiger partial charge on any atom is 0.410 e. The van der Waals surface area contributed by atoms with Gasteiger partial charge in [0.05, 0.1) is 17.7 Å². The predicted octanol–water partition coefficient (Wildman–Crippen LogP) is 2.37. The van der Waals surface area contributed by atoms with Crippen LogP contribution in [0.25, 0.3) is 10.9 Å². The first-order valence-corrected chi connectivity index (χ1v) is 11.3. The number of carbonyl (C=O) groups excluding carboxylic acids is 2. The number of aliphatic carboxylic acids is 1. The Kier molecular flexibility index (Phi) is 8.27. The van der Waals surface area contributed by atoms with Crippen molar-refractivity contribution in [2.75, 3.05) is 45.9 Å². The van der Waals surface area contributed by atoms with Gasteiger partial charge in [-0.1, -0.05) is 0 Å². The summed E-state index contributed by atoms with van der Waals surface area (Å²) in [6, 6.07) is 6.88. The fraction of sp³-hybridized carbons (Fsp3) is 0.500. The van der Waals surface area contributed by atoms with E-state index < -0.39 is 24.0 Å². The molecule has 0 unspecified atom stereocenters. The number of rotatable bonds is 8. The molecule has 34 heavy (non-hydrogen) atoms. The van der Waals surface area contributed by atoms with E-state index in [4.69, 9.17) is 14.6 Å². The van der Waals surface area contributed by atoms with Crippen LogP contribution >= 0.6 is 0 Å². The summed E-state index contributed by atoms with van der Waals surface area (Å²) in [5, 5.41) is 11.8. The van der Waals surface area contributed by atoms with E-state index in [1.807, 2.05) is 20.8 Å². The number of ether oxygens (including phenoxy) is 2. The summed E-state index contributed by atoms with van der Waals surface area (Å²) < 4.78 is 11.3. The smallest absolute Gasteiger partial charge is 0.410 e. The Hall–Kier alpha value is -3.40. The number of carboxylic acids is 1. The van der Waals surface area contributed by atoms with E-state index in [0.717, 1.165) is 26.1 Å². The molecule has 0 saturated carbocycles. The third-order valence-corrected chi connectivity index (χ3v) is 5.27. The van der Waals surface area contributed by atoms with Crippen molar-refractivity contribution in [3.63, 3.8) is 0 Å². The molecule has 2 aromatic rings. The second-order valence-electron chi connectivity index (χ2n) is 9.12. The van der Waals surface area contributed by atoms with Crippen LogP contribution in [0.15, 0.2) is 30.5 Å². The summed E-state index contributed by atoms with van der Waals surface area (Å²) in [6.07, 6.45) is 2.06. The number of fused-ring (bicyclic) bond motifs is 1. The number of hydrogen-bond donors (Lipinski definition) is 2. The van der Waals surface area contributed by atoms with Crippen molar-refractivity contribution < 1.29 is 29.0 Å². The lowest BCUT2D eigenvalue weighted by Gasteiger charge is -2.35. The standard InChI is InChI=1S/C24H32N4O6/c1-24(2,3)34-23(32)28-12-10-27(11-13-28)9-4-14-33-17-5-6-20-19(15-17)18(7-8-25-20)22(31)26-16-21(29)30/h5-8,15H,4,9-14,16H2,1-3H3,(H,26,31)(H,29,30). The number of benzene rings is 1.